The Hall–Kier alpha value is -4.26. The number of benzene rings is 2. The molecule has 2 aromatic carbocycles. The maximum Gasteiger partial charge on any atom is 0.158 e. The Labute approximate surface area is 177 Å². The van der Waals surface area contributed by atoms with Gasteiger partial charge >= 0.3 is 0 Å². The van der Waals surface area contributed by atoms with E-state index in [2.05, 4.69) is 21.8 Å². The molecule has 7 heteroatoms. The standard InChI is InChI=1S/C24H20N6O/c1-29-13-18(16-9-14(31-2)7-8-22(16)29)20-10-23(25)30-24(27-20)11-21(28-30)17-12-26-19-6-4-3-5-15(17)19/h3-13,26H,25H2,1-2H3. The van der Waals surface area contributed by atoms with E-state index < -0.39 is 0 Å². The first-order valence-electron chi connectivity index (χ1n) is 9.98. The van der Waals surface area contributed by atoms with Crippen molar-refractivity contribution in [2.45, 2.75) is 0 Å². The molecule has 0 aliphatic rings. The highest BCUT2D eigenvalue weighted by molar-refractivity contribution is 5.97. The molecule has 3 N–H and O–H groups in total. The molecule has 0 aliphatic heterocycles. The van der Waals surface area contributed by atoms with Crippen LogP contribution in [-0.4, -0.2) is 31.3 Å². The van der Waals surface area contributed by atoms with Crippen molar-refractivity contribution in [3.63, 3.8) is 0 Å². The van der Waals surface area contributed by atoms with Gasteiger partial charge in [-0.2, -0.15) is 9.61 Å². The van der Waals surface area contributed by atoms with Gasteiger partial charge in [-0.3, -0.25) is 0 Å². The van der Waals surface area contributed by atoms with Gasteiger partial charge in [0.15, 0.2) is 5.65 Å². The van der Waals surface area contributed by atoms with Gasteiger partial charge in [-0.1, -0.05) is 18.2 Å². The monoisotopic (exact) mass is 408 g/mol. The first kappa shape index (κ1) is 17.6. The summed E-state index contributed by atoms with van der Waals surface area (Å²) < 4.78 is 9.19. The van der Waals surface area contributed by atoms with Gasteiger partial charge in [0.25, 0.3) is 0 Å². The van der Waals surface area contributed by atoms with Crippen LogP contribution in [0.25, 0.3) is 50.0 Å². The predicted octanol–water partition coefficient (Wildman–Crippen LogP) is 4.63. The average Bonchev–Trinajstić information content (AvgIpc) is 3.48. The smallest absolute Gasteiger partial charge is 0.158 e. The van der Waals surface area contributed by atoms with Crippen LogP contribution in [0.4, 0.5) is 5.82 Å². The lowest BCUT2D eigenvalue weighted by Gasteiger charge is -2.04. The summed E-state index contributed by atoms with van der Waals surface area (Å²) in [5.41, 5.74) is 12.9. The summed E-state index contributed by atoms with van der Waals surface area (Å²) in [5.74, 6) is 1.34. The van der Waals surface area contributed by atoms with Crippen LogP contribution in [0.3, 0.4) is 0 Å². The van der Waals surface area contributed by atoms with E-state index in [0.29, 0.717) is 11.5 Å². The molecule has 0 amide bonds. The second-order valence-corrected chi connectivity index (χ2v) is 7.65. The minimum absolute atomic E-state index is 0.533. The molecule has 6 aromatic rings. The van der Waals surface area contributed by atoms with Crippen LogP contribution in [0.1, 0.15) is 0 Å². The molecule has 0 aliphatic carbocycles. The highest BCUT2D eigenvalue weighted by Crippen LogP contribution is 2.34. The summed E-state index contributed by atoms with van der Waals surface area (Å²) in [5, 5.41) is 6.90. The lowest BCUT2D eigenvalue weighted by atomic mass is 10.1. The second-order valence-electron chi connectivity index (χ2n) is 7.65. The third kappa shape index (κ3) is 2.60. The number of aromatic amines is 1. The van der Waals surface area contributed by atoms with Gasteiger partial charge in [0.2, 0.25) is 0 Å². The normalized spacial score (nSPS) is 11.7. The van der Waals surface area contributed by atoms with Crippen molar-refractivity contribution in [3.8, 4) is 28.3 Å². The van der Waals surface area contributed by atoms with E-state index >= 15 is 0 Å². The maximum atomic E-state index is 6.40. The molecule has 0 fully saturated rings. The summed E-state index contributed by atoms with van der Waals surface area (Å²) in [7, 11) is 3.69. The maximum absolute atomic E-state index is 6.40. The highest BCUT2D eigenvalue weighted by atomic mass is 16.5. The number of methoxy groups -OCH3 is 1. The van der Waals surface area contributed by atoms with Crippen molar-refractivity contribution in [3.05, 3.63) is 67.0 Å². The molecule has 0 spiro atoms. The van der Waals surface area contributed by atoms with Crippen molar-refractivity contribution in [1.82, 2.24) is 24.1 Å². The van der Waals surface area contributed by atoms with Gasteiger partial charge in [0.05, 0.1) is 18.5 Å². The number of hydrogen-bond donors (Lipinski definition) is 2. The highest BCUT2D eigenvalue weighted by Gasteiger charge is 2.16. The number of hydrogen-bond acceptors (Lipinski definition) is 4. The zero-order valence-corrected chi connectivity index (χ0v) is 17.1. The van der Waals surface area contributed by atoms with E-state index in [4.69, 9.17) is 20.6 Å². The Kier molecular flexibility index (Phi) is 3.61. The SMILES string of the molecule is COc1ccc2c(c1)c(-c1cc(N)n3nc(-c4c[nH]c5ccccc45)cc3n1)cn2C. The number of aryl methyl sites for hydroxylation is 1. The third-order valence-corrected chi connectivity index (χ3v) is 5.79. The molecule has 4 heterocycles. The van der Waals surface area contributed by atoms with Crippen LogP contribution in [0.15, 0.2) is 67.0 Å². The van der Waals surface area contributed by atoms with Gasteiger partial charge < -0.3 is 20.0 Å². The number of anilines is 1. The Morgan fingerprint density at radius 3 is 2.71 bits per heavy atom. The quantitative estimate of drug-likeness (QED) is 0.447. The number of ether oxygens (including phenoxy) is 1. The summed E-state index contributed by atoms with van der Waals surface area (Å²) >= 11 is 0. The van der Waals surface area contributed by atoms with E-state index in [0.717, 1.165) is 50.1 Å². The van der Waals surface area contributed by atoms with Crippen LogP contribution in [0.5, 0.6) is 5.75 Å². The first-order valence-corrected chi connectivity index (χ1v) is 9.98. The molecule has 152 valence electrons. The van der Waals surface area contributed by atoms with Crippen LogP contribution >= 0.6 is 0 Å². The van der Waals surface area contributed by atoms with Crippen molar-refractivity contribution in [2.24, 2.45) is 7.05 Å². The van der Waals surface area contributed by atoms with Crippen molar-refractivity contribution in [2.75, 3.05) is 12.8 Å². The van der Waals surface area contributed by atoms with Gasteiger partial charge in [0.1, 0.15) is 11.6 Å². The number of H-pyrrole nitrogens is 1. The number of aromatic nitrogens is 5. The summed E-state index contributed by atoms with van der Waals surface area (Å²) in [4.78, 5) is 8.19. The number of nitrogens with one attached hydrogen (secondary N) is 1. The number of nitrogens with zero attached hydrogens (tertiary/aromatic N) is 4. The molecule has 0 radical (unpaired) electrons. The Morgan fingerprint density at radius 1 is 0.968 bits per heavy atom. The fourth-order valence-electron chi connectivity index (χ4n) is 4.25. The zero-order chi connectivity index (χ0) is 21.1. The van der Waals surface area contributed by atoms with Crippen LogP contribution in [-0.2, 0) is 7.05 Å². The van der Waals surface area contributed by atoms with E-state index in [1.807, 2.05) is 61.8 Å². The van der Waals surface area contributed by atoms with E-state index in [1.165, 1.54) is 0 Å². The summed E-state index contributed by atoms with van der Waals surface area (Å²) in [6, 6.07) is 18.0. The number of para-hydroxylation sites is 1. The van der Waals surface area contributed by atoms with Gasteiger partial charge in [-0.05, 0) is 24.3 Å². The van der Waals surface area contributed by atoms with Gasteiger partial charge in [-0.15, -0.1) is 0 Å². The van der Waals surface area contributed by atoms with Crippen LogP contribution < -0.4 is 10.5 Å². The molecule has 0 saturated heterocycles. The molecule has 7 nitrogen and oxygen atoms in total. The van der Waals surface area contributed by atoms with Crippen LogP contribution in [0.2, 0.25) is 0 Å². The fraction of sp³-hybridized carbons (Fsp3) is 0.0833. The van der Waals surface area contributed by atoms with Crippen LogP contribution in [0, 0.1) is 0 Å². The van der Waals surface area contributed by atoms with Crippen molar-refractivity contribution in [1.29, 1.82) is 0 Å². The first-order chi connectivity index (χ1) is 15.1. The summed E-state index contributed by atoms with van der Waals surface area (Å²) in [6.07, 6.45) is 4.04. The Morgan fingerprint density at radius 2 is 1.84 bits per heavy atom. The number of nitrogen functional groups attached to an aromatic ring is 1. The topological polar surface area (TPSA) is 86.2 Å². The molecule has 31 heavy (non-hydrogen) atoms. The summed E-state index contributed by atoms with van der Waals surface area (Å²) in [6.45, 7) is 0. The molecule has 0 saturated carbocycles. The molecule has 6 rings (SSSR count). The number of rotatable bonds is 3. The number of fused-ring (bicyclic) bond motifs is 3. The van der Waals surface area contributed by atoms with Gasteiger partial charge in [-0.25, -0.2) is 4.98 Å². The number of nitrogens with two attached hydrogens (primary N) is 1. The molecular formula is C24H20N6O. The lowest BCUT2D eigenvalue weighted by Crippen LogP contribution is -2.01. The zero-order valence-electron chi connectivity index (χ0n) is 17.1. The van der Waals surface area contributed by atoms with Gasteiger partial charge in [0, 0.05) is 64.5 Å². The third-order valence-electron chi connectivity index (χ3n) is 5.79. The largest absolute Gasteiger partial charge is 0.497 e. The lowest BCUT2D eigenvalue weighted by molar-refractivity contribution is 0.415. The molecule has 4 aromatic heterocycles. The predicted molar refractivity (Wildman–Crippen MR) is 123 cm³/mol. The van der Waals surface area contributed by atoms with E-state index in [9.17, 15) is 0 Å². The average molecular weight is 408 g/mol. The Balaban J connectivity index is 1.55. The van der Waals surface area contributed by atoms with Crippen molar-refractivity contribution >= 4 is 33.3 Å². The Bertz CT molecular complexity index is 1600. The minimum atomic E-state index is 0.533. The van der Waals surface area contributed by atoms with E-state index in [-0.39, 0.29) is 0 Å². The molecule has 0 bridgehead atoms. The molecule has 0 atom stereocenters. The molecular weight excluding hydrogens is 388 g/mol. The fourth-order valence-corrected chi connectivity index (χ4v) is 4.25. The minimum Gasteiger partial charge on any atom is -0.497 e. The van der Waals surface area contributed by atoms with Crippen molar-refractivity contribution < 1.29 is 4.74 Å². The second kappa shape index (κ2) is 6.37. The molecule has 0 unspecified atom stereocenters. The van der Waals surface area contributed by atoms with E-state index in [1.54, 1.807) is 11.6 Å².